The first kappa shape index (κ1) is 11.9. The Bertz CT molecular complexity index is 539. The molecule has 0 bridgehead atoms. The second-order valence-corrected chi connectivity index (χ2v) is 4.02. The summed E-state index contributed by atoms with van der Waals surface area (Å²) in [5.41, 5.74) is 6.50. The van der Waals surface area contributed by atoms with Crippen LogP contribution < -0.4 is 11.1 Å². The first-order valence-electron chi connectivity index (χ1n) is 4.55. The van der Waals surface area contributed by atoms with Gasteiger partial charge in [0.1, 0.15) is 6.33 Å². The summed E-state index contributed by atoms with van der Waals surface area (Å²) < 4.78 is 13.2. The molecule has 0 saturated heterocycles. The molecule has 88 valence electrons. The fraction of sp³-hybridized carbons (Fsp3) is 0. The van der Waals surface area contributed by atoms with Crippen LogP contribution in [0.3, 0.4) is 0 Å². The molecule has 7 heteroatoms. The van der Waals surface area contributed by atoms with Gasteiger partial charge in [-0.05, 0) is 12.1 Å². The first-order chi connectivity index (χ1) is 8.08. The lowest BCUT2D eigenvalue weighted by atomic mass is 10.3. The summed E-state index contributed by atoms with van der Waals surface area (Å²) in [4.78, 5) is 7.68. The second kappa shape index (κ2) is 4.73. The number of nitrogens with zero attached hydrogens (tertiary/aromatic N) is 2. The fourth-order valence-electron chi connectivity index (χ4n) is 1.21. The highest BCUT2D eigenvalue weighted by molar-refractivity contribution is 6.35. The van der Waals surface area contributed by atoms with Crippen LogP contribution in [0, 0.1) is 5.82 Å². The van der Waals surface area contributed by atoms with E-state index in [1.165, 1.54) is 24.7 Å². The number of anilines is 3. The molecule has 0 atom stereocenters. The molecule has 4 nitrogen and oxygen atoms in total. The molecule has 0 fully saturated rings. The molecule has 2 aromatic rings. The lowest BCUT2D eigenvalue weighted by molar-refractivity contribution is 0.629. The third-order valence-electron chi connectivity index (χ3n) is 1.99. The van der Waals surface area contributed by atoms with Gasteiger partial charge in [-0.25, -0.2) is 14.4 Å². The van der Waals surface area contributed by atoms with Crippen molar-refractivity contribution in [3.8, 4) is 0 Å². The molecule has 2 rings (SSSR count). The zero-order valence-corrected chi connectivity index (χ0v) is 9.93. The quantitative estimate of drug-likeness (QED) is 0.824. The van der Waals surface area contributed by atoms with Crippen LogP contribution in [0.4, 0.5) is 21.6 Å². The molecular weight excluding hydrogens is 266 g/mol. The molecule has 1 heterocycles. The Morgan fingerprint density at radius 2 is 1.88 bits per heavy atom. The minimum atomic E-state index is -0.658. The van der Waals surface area contributed by atoms with Gasteiger partial charge in [-0.15, -0.1) is 0 Å². The number of benzene rings is 1. The molecule has 17 heavy (non-hydrogen) atoms. The lowest BCUT2D eigenvalue weighted by Crippen LogP contribution is -2.00. The molecule has 0 aliphatic carbocycles. The van der Waals surface area contributed by atoms with Crippen LogP contribution >= 0.6 is 23.2 Å². The van der Waals surface area contributed by atoms with Crippen molar-refractivity contribution in [1.29, 1.82) is 0 Å². The van der Waals surface area contributed by atoms with Crippen molar-refractivity contribution in [2.45, 2.75) is 0 Å². The third kappa shape index (κ3) is 2.57. The molecule has 0 aliphatic rings. The molecule has 1 aromatic heterocycles. The van der Waals surface area contributed by atoms with Crippen molar-refractivity contribution in [3.63, 3.8) is 0 Å². The predicted molar refractivity (Wildman–Crippen MR) is 66.1 cm³/mol. The van der Waals surface area contributed by atoms with Crippen molar-refractivity contribution in [2.75, 3.05) is 11.1 Å². The first-order valence-corrected chi connectivity index (χ1v) is 5.30. The number of nitrogens with two attached hydrogens (primary N) is 1. The molecule has 0 unspecified atom stereocenters. The van der Waals surface area contributed by atoms with Crippen LogP contribution in [0.25, 0.3) is 0 Å². The molecule has 0 saturated carbocycles. The average molecular weight is 273 g/mol. The van der Waals surface area contributed by atoms with Gasteiger partial charge in [0.05, 0.1) is 21.9 Å². The molecule has 0 radical (unpaired) electrons. The van der Waals surface area contributed by atoms with E-state index in [0.29, 0.717) is 17.2 Å². The Hall–Kier alpha value is -1.59. The number of nitrogens with one attached hydrogen (secondary N) is 1. The van der Waals surface area contributed by atoms with E-state index in [1.807, 2.05) is 0 Å². The zero-order chi connectivity index (χ0) is 12.4. The van der Waals surface area contributed by atoms with E-state index < -0.39 is 5.82 Å². The van der Waals surface area contributed by atoms with E-state index in [-0.39, 0.29) is 10.0 Å². The maximum absolute atomic E-state index is 13.2. The van der Waals surface area contributed by atoms with Crippen LogP contribution in [0.1, 0.15) is 0 Å². The maximum Gasteiger partial charge on any atom is 0.160 e. The minimum absolute atomic E-state index is 0.0763. The van der Waals surface area contributed by atoms with Crippen LogP contribution in [-0.2, 0) is 0 Å². The van der Waals surface area contributed by atoms with Gasteiger partial charge >= 0.3 is 0 Å². The average Bonchev–Trinajstić information content (AvgIpc) is 2.29. The van der Waals surface area contributed by atoms with Crippen LogP contribution in [0.15, 0.2) is 24.7 Å². The zero-order valence-electron chi connectivity index (χ0n) is 8.42. The summed E-state index contributed by atoms with van der Waals surface area (Å²) in [6.07, 6.45) is 2.79. The SMILES string of the molecule is Nc1cncnc1Nc1cc(Cl)c(F)c(Cl)c1. The molecular formula is C10H7Cl2FN4. The standard InChI is InChI=1S/C10H7Cl2FN4/c11-6-1-5(2-7(12)9(6)13)17-10-8(14)3-15-4-16-10/h1-4H,14H2,(H,15,16,17). The second-order valence-electron chi connectivity index (χ2n) is 3.21. The molecule has 3 N–H and O–H groups in total. The highest BCUT2D eigenvalue weighted by Crippen LogP contribution is 2.29. The Balaban J connectivity index is 2.34. The summed E-state index contributed by atoms with van der Waals surface area (Å²) in [5.74, 6) is -0.256. The minimum Gasteiger partial charge on any atom is -0.394 e. The number of hydrogen-bond acceptors (Lipinski definition) is 4. The topological polar surface area (TPSA) is 63.8 Å². The maximum atomic E-state index is 13.2. The summed E-state index contributed by atoms with van der Waals surface area (Å²) in [6, 6.07) is 2.79. The van der Waals surface area contributed by atoms with Crippen molar-refractivity contribution < 1.29 is 4.39 Å². The number of aromatic nitrogens is 2. The predicted octanol–water partition coefficient (Wildman–Crippen LogP) is 3.25. The van der Waals surface area contributed by atoms with Crippen molar-refractivity contribution in [2.24, 2.45) is 0 Å². The van der Waals surface area contributed by atoms with Crippen LogP contribution in [0.2, 0.25) is 10.0 Å². The number of halogens is 3. The van der Waals surface area contributed by atoms with Gasteiger partial charge in [-0.2, -0.15) is 0 Å². The summed E-state index contributed by atoms with van der Waals surface area (Å²) in [6.45, 7) is 0. The Morgan fingerprint density at radius 1 is 1.24 bits per heavy atom. The summed E-state index contributed by atoms with van der Waals surface area (Å²) in [7, 11) is 0. The third-order valence-corrected chi connectivity index (χ3v) is 2.54. The number of nitrogen functional groups attached to an aromatic ring is 1. The smallest absolute Gasteiger partial charge is 0.160 e. The van der Waals surface area contributed by atoms with E-state index in [1.54, 1.807) is 0 Å². The van der Waals surface area contributed by atoms with E-state index >= 15 is 0 Å². The highest BCUT2D eigenvalue weighted by atomic mass is 35.5. The summed E-state index contributed by atoms with van der Waals surface area (Å²) >= 11 is 11.3. The van der Waals surface area contributed by atoms with Gasteiger partial charge in [-0.3, -0.25) is 0 Å². The van der Waals surface area contributed by atoms with Crippen molar-refractivity contribution in [1.82, 2.24) is 9.97 Å². The van der Waals surface area contributed by atoms with Crippen LogP contribution in [0.5, 0.6) is 0 Å². The van der Waals surface area contributed by atoms with Gasteiger partial charge in [0, 0.05) is 5.69 Å². The highest BCUT2D eigenvalue weighted by Gasteiger charge is 2.08. The van der Waals surface area contributed by atoms with Gasteiger partial charge < -0.3 is 11.1 Å². The van der Waals surface area contributed by atoms with Gasteiger partial charge in [0.2, 0.25) is 0 Å². The van der Waals surface area contributed by atoms with Crippen molar-refractivity contribution in [3.05, 3.63) is 40.5 Å². The monoisotopic (exact) mass is 272 g/mol. The largest absolute Gasteiger partial charge is 0.394 e. The number of rotatable bonds is 2. The molecule has 0 spiro atoms. The Kier molecular flexibility index (Phi) is 3.31. The van der Waals surface area contributed by atoms with Crippen LogP contribution in [-0.4, -0.2) is 9.97 Å². The van der Waals surface area contributed by atoms with E-state index in [0.717, 1.165) is 0 Å². The lowest BCUT2D eigenvalue weighted by Gasteiger charge is -2.08. The van der Waals surface area contributed by atoms with E-state index in [4.69, 9.17) is 28.9 Å². The van der Waals surface area contributed by atoms with Crippen molar-refractivity contribution >= 4 is 40.4 Å². The van der Waals surface area contributed by atoms with Gasteiger partial charge in [-0.1, -0.05) is 23.2 Å². The molecule has 0 amide bonds. The van der Waals surface area contributed by atoms with Gasteiger partial charge in [0.15, 0.2) is 11.6 Å². The molecule has 1 aromatic carbocycles. The van der Waals surface area contributed by atoms with Gasteiger partial charge in [0.25, 0.3) is 0 Å². The molecule has 0 aliphatic heterocycles. The van der Waals surface area contributed by atoms with E-state index in [9.17, 15) is 4.39 Å². The summed E-state index contributed by atoms with van der Waals surface area (Å²) in [5, 5.41) is 2.72. The number of hydrogen-bond donors (Lipinski definition) is 2. The normalized spacial score (nSPS) is 10.3. The fourth-order valence-corrected chi connectivity index (χ4v) is 1.70. The van der Waals surface area contributed by atoms with E-state index in [2.05, 4.69) is 15.3 Å². The Morgan fingerprint density at radius 3 is 2.47 bits per heavy atom. The Labute approximate surface area is 107 Å².